The van der Waals surface area contributed by atoms with Gasteiger partial charge in [-0.15, -0.1) is 0 Å². The third-order valence-corrected chi connectivity index (χ3v) is 5.22. The molecule has 0 radical (unpaired) electrons. The van der Waals surface area contributed by atoms with Crippen molar-refractivity contribution in [2.24, 2.45) is 0 Å². The number of piperidine rings is 2. The molecule has 96 valence electrons. The zero-order chi connectivity index (χ0) is 12.7. The van der Waals surface area contributed by atoms with Crippen LogP contribution in [-0.4, -0.2) is 17.9 Å². The van der Waals surface area contributed by atoms with E-state index in [-0.39, 0.29) is 0 Å². The molecule has 4 heteroatoms. The fourth-order valence-electron chi connectivity index (χ4n) is 3.24. The average molecular weight is 329 g/mol. The number of carbonyl (C=O) groups is 1. The van der Waals surface area contributed by atoms with E-state index >= 15 is 0 Å². The second kappa shape index (κ2) is 4.86. The largest absolute Gasteiger partial charge is 0.365 e. The van der Waals surface area contributed by atoms with E-state index < -0.39 is 0 Å². The van der Waals surface area contributed by atoms with Crippen molar-refractivity contribution >= 4 is 39.0 Å². The van der Waals surface area contributed by atoms with E-state index in [1.165, 1.54) is 6.42 Å². The lowest BCUT2D eigenvalue weighted by atomic mass is 9.83. The number of carbonyl (C=O) groups excluding carboxylic acids is 1. The molecule has 0 aliphatic carbocycles. The third kappa shape index (κ3) is 2.19. The molecular weight excluding hydrogens is 314 g/mol. The molecular formula is C14H15BrClNO. The zero-order valence-corrected chi connectivity index (χ0v) is 12.4. The van der Waals surface area contributed by atoms with Crippen LogP contribution in [0.4, 0.5) is 5.69 Å². The summed E-state index contributed by atoms with van der Waals surface area (Å²) in [5.74, 6) is 0.421. The monoisotopic (exact) mass is 327 g/mol. The summed E-state index contributed by atoms with van der Waals surface area (Å²) in [6.07, 6.45) is 4.88. The SMILES string of the molecule is O=C1CC2CCCC(C1)N2c1ccc(Br)c(Cl)c1. The van der Waals surface area contributed by atoms with Gasteiger partial charge in [0.25, 0.3) is 0 Å². The standard InChI is InChI=1S/C14H15BrClNO/c15-13-5-4-11(8-14(13)16)17-9-2-1-3-10(17)7-12(18)6-9/h4-5,8-10H,1-3,6-7H2. The van der Waals surface area contributed by atoms with Crippen molar-refractivity contribution in [3.05, 3.63) is 27.7 Å². The normalized spacial score (nSPS) is 27.4. The molecule has 0 spiro atoms. The molecule has 1 aromatic rings. The first-order valence-electron chi connectivity index (χ1n) is 6.40. The Balaban J connectivity index is 1.95. The van der Waals surface area contributed by atoms with Crippen molar-refractivity contribution in [3.63, 3.8) is 0 Å². The molecule has 2 bridgehead atoms. The van der Waals surface area contributed by atoms with E-state index in [0.717, 1.165) is 28.0 Å². The van der Waals surface area contributed by atoms with Gasteiger partial charge in [0, 0.05) is 35.1 Å². The molecule has 18 heavy (non-hydrogen) atoms. The number of ketones is 1. The summed E-state index contributed by atoms with van der Waals surface area (Å²) in [6.45, 7) is 0. The van der Waals surface area contributed by atoms with Gasteiger partial charge in [0.1, 0.15) is 5.78 Å². The molecule has 2 fully saturated rings. The van der Waals surface area contributed by atoms with E-state index in [4.69, 9.17) is 11.6 Å². The summed E-state index contributed by atoms with van der Waals surface area (Å²) in [6, 6.07) is 6.85. The van der Waals surface area contributed by atoms with Crippen molar-refractivity contribution in [2.75, 3.05) is 4.90 Å². The molecule has 2 unspecified atom stereocenters. The Hall–Kier alpha value is -0.540. The van der Waals surface area contributed by atoms with Gasteiger partial charge >= 0.3 is 0 Å². The van der Waals surface area contributed by atoms with Crippen molar-refractivity contribution < 1.29 is 4.79 Å². The minimum Gasteiger partial charge on any atom is -0.365 e. The predicted octanol–water partition coefficient (Wildman–Crippen LogP) is 4.19. The molecule has 1 aromatic carbocycles. The third-order valence-electron chi connectivity index (χ3n) is 3.99. The molecule has 2 heterocycles. The maximum Gasteiger partial charge on any atom is 0.137 e. The van der Waals surface area contributed by atoms with Crippen molar-refractivity contribution in [1.29, 1.82) is 0 Å². The average Bonchev–Trinajstić information content (AvgIpc) is 2.32. The highest BCUT2D eigenvalue weighted by Crippen LogP contribution is 2.38. The van der Waals surface area contributed by atoms with Gasteiger partial charge in [0.15, 0.2) is 0 Å². The molecule has 2 atom stereocenters. The molecule has 2 saturated heterocycles. The molecule has 0 N–H and O–H groups in total. The number of Topliss-reactive ketones (excluding diaryl/α,β-unsaturated/α-hetero) is 1. The van der Waals surface area contributed by atoms with Crippen LogP contribution in [0.15, 0.2) is 22.7 Å². The maximum absolute atomic E-state index is 11.7. The number of anilines is 1. The van der Waals surface area contributed by atoms with E-state index in [0.29, 0.717) is 30.7 Å². The van der Waals surface area contributed by atoms with E-state index in [1.54, 1.807) is 0 Å². The Morgan fingerprint density at radius 2 is 1.89 bits per heavy atom. The first-order valence-corrected chi connectivity index (χ1v) is 7.57. The second-order valence-corrected chi connectivity index (χ2v) is 6.45. The molecule has 0 aromatic heterocycles. The van der Waals surface area contributed by atoms with Gasteiger partial charge in [-0.1, -0.05) is 11.6 Å². The van der Waals surface area contributed by atoms with Crippen LogP contribution in [0, 0.1) is 0 Å². The van der Waals surface area contributed by atoms with Gasteiger partial charge in [-0.2, -0.15) is 0 Å². The van der Waals surface area contributed by atoms with Gasteiger partial charge in [-0.25, -0.2) is 0 Å². The predicted molar refractivity (Wildman–Crippen MR) is 77.3 cm³/mol. The van der Waals surface area contributed by atoms with Gasteiger partial charge in [0.05, 0.1) is 5.02 Å². The minimum atomic E-state index is 0.377. The van der Waals surface area contributed by atoms with Crippen LogP contribution < -0.4 is 4.90 Å². The fraction of sp³-hybridized carbons (Fsp3) is 0.500. The second-order valence-electron chi connectivity index (χ2n) is 5.19. The van der Waals surface area contributed by atoms with Crippen LogP contribution in [0.2, 0.25) is 5.02 Å². The van der Waals surface area contributed by atoms with Crippen LogP contribution >= 0.6 is 27.5 Å². The Labute approximate surface area is 120 Å². The quantitative estimate of drug-likeness (QED) is 0.770. The maximum atomic E-state index is 11.7. The smallest absolute Gasteiger partial charge is 0.137 e. The number of halogens is 2. The first-order chi connectivity index (χ1) is 8.65. The summed E-state index contributed by atoms with van der Waals surface area (Å²) < 4.78 is 0.922. The van der Waals surface area contributed by atoms with Gasteiger partial charge in [0.2, 0.25) is 0 Å². The molecule has 0 amide bonds. The number of nitrogens with zero attached hydrogens (tertiary/aromatic N) is 1. The number of rotatable bonds is 1. The first kappa shape index (κ1) is 12.5. The van der Waals surface area contributed by atoms with Crippen LogP contribution in [0.3, 0.4) is 0 Å². The summed E-state index contributed by atoms with van der Waals surface area (Å²) in [7, 11) is 0. The summed E-state index contributed by atoms with van der Waals surface area (Å²) in [4.78, 5) is 14.1. The summed E-state index contributed by atoms with van der Waals surface area (Å²) >= 11 is 9.60. The summed E-state index contributed by atoms with van der Waals surface area (Å²) in [5, 5.41) is 0.738. The van der Waals surface area contributed by atoms with E-state index in [2.05, 4.69) is 26.9 Å². The lowest BCUT2D eigenvalue weighted by molar-refractivity contribution is -0.121. The minimum absolute atomic E-state index is 0.377. The highest BCUT2D eigenvalue weighted by atomic mass is 79.9. The molecule has 2 aliphatic rings. The van der Waals surface area contributed by atoms with Crippen LogP contribution in [-0.2, 0) is 4.79 Å². The van der Waals surface area contributed by atoms with Gasteiger partial charge < -0.3 is 4.90 Å². The van der Waals surface area contributed by atoms with Crippen LogP contribution in [0.1, 0.15) is 32.1 Å². The number of benzene rings is 1. The Kier molecular flexibility index (Phi) is 3.37. The summed E-state index contributed by atoms with van der Waals surface area (Å²) in [5.41, 5.74) is 1.16. The topological polar surface area (TPSA) is 20.3 Å². The zero-order valence-electron chi connectivity index (χ0n) is 10.0. The number of fused-ring (bicyclic) bond motifs is 2. The molecule has 2 nitrogen and oxygen atoms in total. The number of hydrogen-bond acceptors (Lipinski definition) is 2. The van der Waals surface area contributed by atoms with Crippen molar-refractivity contribution in [3.8, 4) is 0 Å². The van der Waals surface area contributed by atoms with Crippen molar-refractivity contribution in [1.82, 2.24) is 0 Å². The Morgan fingerprint density at radius 3 is 2.50 bits per heavy atom. The Bertz CT molecular complexity index is 475. The highest BCUT2D eigenvalue weighted by Gasteiger charge is 2.37. The van der Waals surface area contributed by atoms with E-state index in [9.17, 15) is 4.79 Å². The van der Waals surface area contributed by atoms with Crippen molar-refractivity contribution in [2.45, 2.75) is 44.2 Å². The van der Waals surface area contributed by atoms with Crippen LogP contribution in [0.5, 0.6) is 0 Å². The molecule has 2 aliphatic heterocycles. The molecule has 3 rings (SSSR count). The van der Waals surface area contributed by atoms with Gasteiger partial charge in [-0.3, -0.25) is 4.79 Å². The van der Waals surface area contributed by atoms with E-state index in [1.807, 2.05) is 12.1 Å². The van der Waals surface area contributed by atoms with Gasteiger partial charge in [-0.05, 0) is 53.4 Å². The lowest BCUT2D eigenvalue weighted by Gasteiger charge is -2.47. The number of hydrogen-bond donors (Lipinski definition) is 0. The highest BCUT2D eigenvalue weighted by molar-refractivity contribution is 9.10. The fourth-order valence-corrected chi connectivity index (χ4v) is 3.66. The molecule has 0 saturated carbocycles. The van der Waals surface area contributed by atoms with Crippen LogP contribution in [0.25, 0.3) is 0 Å². The Morgan fingerprint density at radius 1 is 1.22 bits per heavy atom. The lowest BCUT2D eigenvalue weighted by Crippen LogP contribution is -2.52.